The van der Waals surface area contributed by atoms with Crippen molar-refractivity contribution in [3.63, 3.8) is 0 Å². The van der Waals surface area contributed by atoms with E-state index in [2.05, 4.69) is 6.26 Å². The average molecular weight is 283 g/mol. The van der Waals surface area contributed by atoms with E-state index in [9.17, 15) is 4.79 Å². The summed E-state index contributed by atoms with van der Waals surface area (Å²) in [6.45, 7) is 4.88. The van der Waals surface area contributed by atoms with Gasteiger partial charge in [-0.1, -0.05) is 32.0 Å². The number of amides is 1. The summed E-state index contributed by atoms with van der Waals surface area (Å²) in [5, 5.41) is 0.350. The molecular formula is C14H21NOS2. The van der Waals surface area contributed by atoms with Crippen molar-refractivity contribution in [2.45, 2.75) is 19.2 Å². The lowest BCUT2D eigenvalue weighted by Gasteiger charge is -2.23. The lowest BCUT2D eigenvalue weighted by molar-refractivity contribution is 0.0770. The first-order chi connectivity index (χ1) is 8.83. The van der Waals surface area contributed by atoms with E-state index in [1.54, 1.807) is 11.8 Å². The molecule has 2 nitrogen and oxygen atoms in total. The second kappa shape index (κ2) is 8.48. The number of carbonyl (C=O) groups is 1. The van der Waals surface area contributed by atoms with Crippen LogP contribution in [0.4, 0.5) is 0 Å². The Bertz CT molecular complexity index is 356. The number of benzene rings is 1. The lowest BCUT2D eigenvalue weighted by Crippen LogP contribution is -2.36. The van der Waals surface area contributed by atoms with Crippen LogP contribution in [-0.2, 0) is 0 Å². The number of nitrogens with zero attached hydrogens (tertiary/aromatic N) is 1. The predicted molar refractivity (Wildman–Crippen MR) is 83.5 cm³/mol. The van der Waals surface area contributed by atoms with E-state index < -0.39 is 0 Å². The van der Waals surface area contributed by atoms with E-state index in [1.165, 1.54) is 0 Å². The van der Waals surface area contributed by atoms with Crippen molar-refractivity contribution in [1.29, 1.82) is 0 Å². The predicted octanol–water partition coefficient (Wildman–Crippen LogP) is 3.59. The second-order valence-electron chi connectivity index (χ2n) is 3.65. The van der Waals surface area contributed by atoms with Crippen molar-refractivity contribution in [1.82, 2.24) is 4.90 Å². The van der Waals surface area contributed by atoms with Gasteiger partial charge in [0.25, 0.3) is 5.91 Å². The molecule has 0 saturated carbocycles. The van der Waals surface area contributed by atoms with Crippen LogP contribution in [0.5, 0.6) is 0 Å². The van der Waals surface area contributed by atoms with E-state index in [4.69, 9.17) is 0 Å². The van der Waals surface area contributed by atoms with Gasteiger partial charge in [0.05, 0.1) is 5.37 Å². The summed E-state index contributed by atoms with van der Waals surface area (Å²) in [4.78, 5) is 14.2. The van der Waals surface area contributed by atoms with Crippen molar-refractivity contribution >= 4 is 29.4 Å². The highest BCUT2D eigenvalue weighted by molar-refractivity contribution is 8.03. The van der Waals surface area contributed by atoms with Gasteiger partial charge in [-0.05, 0) is 18.4 Å². The van der Waals surface area contributed by atoms with Gasteiger partial charge < -0.3 is 4.90 Å². The fraction of sp³-hybridized carbons (Fsp3) is 0.500. The van der Waals surface area contributed by atoms with Crippen LogP contribution in [0.2, 0.25) is 0 Å². The summed E-state index contributed by atoms with van der Waals surface area (Å²) in [5.41, 5.74) is 0.802. The van der Waals surface area contributed by atoms with Crippen molar-refractivity contribution < 1.29 is 4.79 Å². The summed E-state index contributed by atoms with van der Waals surface area (Å²) >= 11 is 3.68. The molecule has 1 aliphatic heterocycles. The van der Waals surface area contributed by atoms with Crippen LogP contribution < -0.4 is 0 Å². The zero-order chi connectivity index (χ0) is 13.4. The molecule has 0 aromatic heterocycles. The number of thioether (sulfide) groups is 2. The molecule has 2 rings (SSSR count). The number of hydrogen-bond acceptors (Lipinski definition) is 3. The molecule has 0 bridgehead atoms. The molecule has 1 amide bonds. The van der Waals surface area contributed by atoms with Crippen LogP contribution in [0.25, 0.3) is 0 Å². The van der Waals surface area contributed by atoms with E-state index >= 15 is 0 Å². The Balaban J connectivity index is 0.000000771. The van der Waals surface area contributed by atoms with Gasteiger partial charge in [0, 0.05) is 23.6 Å². The highest BCUT2D eigenvalue weighted by Crippen LogP contribution is 2.27. The van der Waals surface area contributed by atoms with Crippen LogP contribution in [-0.4, -0.2) is 40.5 Å². The third-order valence-corrected chi connectivity index (χ3v) is 4.67. The highest BCUT2D eigenvalue weighted by atomic mass is 32.2. The minimum atomic E-state index is 0.171. The zero-order valence-corrected chi connectivity index (χ0v) is 12.9. The van der Waals surface area contributed by atoms with E-state index in [0.29, 0.717) is 5.37 Å². The minimum absolute atomic E-state index is 0.171. The Morgan fingerprint density at radius 2 is 2.06 bits per heavy atom. The second-order valence-corrected chi connectivity index (χ2v) is 5.84. The van der Waals surface area contributed by atoms with Crippen molar-refractivity contribution in [3.8, 4) is 0 Å². The number of hydrogen-bond donors (Lipinski definition) is 0. The molecule has 1 aromatic rings. The molecule has 1 saturated heterocycles. The minimum Gasteiger partial charge on any atom is -0.325 e. The fourth-order valence-corrected chi connectivity index (χ4v) is 3.99. The van der Waals surface area contributed by atoms with E-state index in [1.807, 2.05) is 60.8 Å². The molecule has 0 N–H and O–H groups in total. The summed E-state index contributed by atoms with van der Waals surface area (Å²) < 4.78 is 0. The Hall–Kier alpha value is -0.610. The maximum absolute atomic E-state index is 12.2. The molecule has 1 aromatic carbocycles. The van der Waals surface area contributed by atoms with Gasteiger partial charge in [-0.25, -0.2) is 0 Å². The first-order valence-electron chi connectivity index (χ1n) is 6.29. The molecule has 0 aliphatic carbocycles. The largest absolute Gasteiger partial charge is 0.325 e. The first-order valence-corrected chi connectivity index (χ1v) is 8.73. The van der Waals surface area contributed by atoms with E-state index in [0.717, 1.165) is 23.6 Å². The Morgan fingerprint density at radius 1 is 1.39 bits per heavy atom. The maximum atomic E-state index is 12.2. The topological polar surface area (TPSA) is 20.3 Å². The quantitative estimate of drug-likeness (QED) is 0.845. The highest BCUT2D eigenvalue weighted by Gasteiger charge is 2.29. The standard InChI is InChI=1S/C12H15NOS2.C2H6/c1-15-9-11-13(7-8-16-11)12(14)10-5-3-2-4-6-10;1-2/h2-6,11H,7-9H2,1H3;1-2H3. The number of carbonyl (C=O) groups excluding carboxylic acids is 1. The van der Waals surface area contributed by atoms with Crippen LogP contribution in [0.15, 0.2) is 30.3 Å². The maximum Gasteiger partial charge on any atom is 0.254 e. The monoisotopic (exact) mass is 283 g/mol. The van der Waals surface area contributed by atoms with Gasteiger partial charge in [0.15, 0.2) is 0 Å². The summed E-state index contributed by atoms with van der Waals surface area (Å²) in [7, 11) is 0. The molecule has 0 spiro atoms. The third kappa shape index (κ3) is 3.95. The van der Waals surface area contributed by atoms with Crippen molar-refractivity contribution in [2.75, 3.05) is 24.3 Å². The third-order valence-electron chi connectivity index (χ3n) is 2.58. The van der Waals surface area contributed by atoms with Gasteiger partial charge in [-0.3, -0.25) is 4.79 Å². The van der Waals surface area contributed by atoms with Crippen molar-refractivity contribution in [2.24, 2.45) is 0 Å². The summed E-state index contributed by atoms with van der Waals surface area (Å²) in [5.74, 6) is 2.25. The first kappa shape index (κ1) is 15.4. The molecule has 1 aliphatic rings. The molecule has 1 unspecified atom stereocenters. The van der Waals surface area contributed by atoms with Gasteiger partial charge in [0.2, 0.25) is 0 Å². The molecule has 1 fully saturated rings. The summed E-state index contributed by atoms with van der Waals surface area (Å²) in [6, 6.07) is 9.55. The zero-order valence-electron chi connectivity index (χ0n) is 11.3. The molecule has 0 radical (unpaired) electrons. The molecule has 4 heteroatoms. The van der Waals surface area contributed by atoms with Gasteiger partial charge in [0.1, 0.15) is 0 Å². The van der Waals surface area contributed by atoms with E-state index in [-0.39, 0.29) is 5.91 Å². The lowest BCUT2D eigenvalue weighted by atomic mass is 10.2. The SMILES string of the molecule is CC.CSCC1SCCN1C(=O)c1ccccc1. The Morgan fingerprint density at radius 3 is 2.67 bits per heavy atom. The van der Waals surface area contributed by atoms with Gasteiger partial charge in [-0.15, -0.1) is 11.8 Å². The van der Waals surface area contributed by atoms with Crippen LogP contribution in [0.1, 0.15) is 24.2 Å². The molecule has 18 heavy (non-hydrogen) atoms. The van der Waals surface area contributed by atoms with Crippen LogP contribution in [0, 0.1) is 0 Å². The van der Waals surface area contributed by atoms with Crippen molar-refractivity contribution in [3.05, 3.63) is 35.9 Å². The number of rotatable bonds is 3. The normalized spacial score (nSPS) is 18.2. The molecule has 100 valence electrons. The van der Waals surface area contributed by atoms with Gasteiger partial charge >= 0.3 is 0 Å². The molecular weight excluding hydrogens is 262 g/mol. The average Bonchev–Trinajstić information content (AvgIpc) is 2.90. The molecule has 1 atom stereocenters. The Labute approximate surface area is 119 Å². The van der Waals surface area contributed by atoms with Crippen LogP contribution in [0.3, 0.4) is 0 Å². The summed E-state index contributed by atoms with van der Waals surface area (Å²) in [6.07, 6.45) is 2.09. The smallest absolute Gasteiger partial charge is 0.254 e. The Kier molecular flexibility index (Phi) is 7.28. The van der Waals surface area contributed by atoms with Crippen LogP contribution >= 0.6 is 23.5 Å². The fourth-order valence-electron chi connectivity index (χ4n) is 1.78. The van der Waals surface area contributed by atoms with Gasteiger partial charge in [-0.2, -0.15) is 11.8 Å². The molecule has 1 heterocycles.